The highest BCUT2D eigenvalue weighted by molar-refractivity contribution is 5.87. The fraction of sp³-hybridized carbons (Fsp3) is 0.538. The molecule has 1 N–H and O–H groups in total. The molecular formula is C13H22N2O2. The number of amides is 2. The van der Waals surface area contributed by atoms with E-state index in [9.17, 15) is 9.59 Å². The van der Waals surface area contributed by atoms with Crippen LogP contribution in [0.15, 0.2) is 25.3 Å². The standard InChI is InChI=1S/C13H22N2O2/c1-5-11(9-10-14-12(16)6-2)15(8-4)13(17)7-3/h6-7,11H,2-3,5,8-10H2,1,4H3,(H,14,16). The van der Waals surface area contributed by atoms with Crippen molar-refractivity contribution in [2.45, 2.75) is 32.7 Å². The Balaban J connectivity index is 4.29. The number of carbonyl (C=O) groups excluding carboxylic acids is 2. The molecule has 0 radical (unpaired) electrons. The van der Waals surface area contributed by atoms with Crippen molar-refractivity contribution in [2.24, 2.45) is 0 Å². The summed E-state index contributed by atoms with van der Waals surface area (Å²) in [5, 5.41) is 2.71. The normalized spacial score (nSPS) is 11.4. The Morgan fingerprint density at radius 3 is 2.35 bits per heavy atom. The largest absolute Gasteiger partial charge is 0.352 e. The number of rotatable bonds is 8. The monoisotopic (exact) mass is 238 g/mol. The third-order valence-corrected chi connectivity index (χ3v) is 2.67. The first-order valence-electron chi connectivity index (χ1n) is 5.93. The maximum absolute atomic E-state index is 11.6. The van der Waals surface area contributed by atoms with E-state index in [4.69, 9.17) is 0 Å². The molecule has 0 saturated heterocycles. The number of nitrogens with one attached hydrogen (secondary N) is 1. The molecule has 2 amide bonds. The van der Waals surface area contributed by atoms with Crippen molar-refractivity contribution in [3.05, 3.63) is 25.3 Å². The third-order valence-electron chi connectivity index (χ3n) is 2.67. The van der Waals surface area contributed by atoms with Crippen molar-refractivity contribution in [2.75, 3.05) is 13.1 Å². The SMILES string of the molecule is C=CC(=O)NCCC(CC)N(CC)C(=O)C=C. The molecule has 1 unspecified atom stereocenters. The van der Waals surface area contributed by atoms with E-state index in [1.54, 1.807) is 4.90 Å². The summed E-state index contributed by atoms with van der Waals surface area (Å²) in [4.78, 5) is 24.4. The molecule has 0 bridgehead atoms. The molecule has 96 valence electrons. The van der Waals surface area contributed by atoms with Gasteiger partial charge in [-0.15, -0.1) is 0 Å². The van der Waals surface area contributed by atoms with Crippen LogP contribution in [-0.2, 0) is 9.59 Å². The van der Waals surface area contributed by atoms with Gasteiger partial charge in [-0.05, 0) is 31.9 Å². The van der Waals surface area contributed by atoms with E-state index in [1.165, 1.54) is 12.2 Å². The summed E-state index contributed by atoms with van der Waals surface area (Å²) in [6.45, 7) is 12.0. The van der Waals surface area contributed by atoms with Gasteiger partial charge in [-0.2, -0.15) is 0 Å². The first-order chi connectivity index (χ1) is 8.10. The van der Waals surface area contributed by atoms with Gasteiger partial charge < -0.3 is 10.2 Å². The highest BCUT2D eigenvalue weighted by Gasteiger charge is 2.18. The molecule has 0 spiro atoms. The van der Waals surface area contributed by atoms with Crippen molar-refractivity contribution in [3.8, 4) is 0 Å². The number of likely N-dealkylation sites (N-methyl/N-ethyl adjacent to an activating group) is 1. The molecule has 0 aliphatic heterocycles. The highest BCUT2D eigenvalue weighted by atomic mass is 16.2. The van der Waals surface area contributed by atoms with Crippen molar-refractivity contribution in [1.82, 2.24) is 10.2 Å². The van der Waals surface area contributed by atoms with Crippen LogP contribution >= 0.6 is 0 Å². The molecule has 0 aliphatic rings. The maximum atomic E-state index is 11.6. The van der Waals surface area contributed by atoms with Gasteiger partial charge in [0.05, 0.1) is 0 Å². The second-order valence-corrected chi connectivity index (χ2v) is 3.67. The van der Waals surface area contributed by atoms with Crippen molar-refractivity contribution in [1.29, 1.82) is 0 Å². The lowest BCUT2D eigenvalue weighted by molar-refractivity contribution is -0.128. The lowest BCUT2D eigenvalue weighted by atomic mass is 10.1. The smallest absolute Gasteiger partial charge is 0.246 e. The molecule has 0 aromatic carbocycles. The second-order valence-electron chi connectivity index (χ2n) is 3.67. The minimum atomic E-state index is -0.182. The zero-order valence-corrected chi connectivity index (χ0v) is 10.7. The van der Waals surface area contributed by atoms with E-state index in [1.807, 2.05) is 13.8 Å². The quantitative estimate of drug-likeness (QED) is 0.651. The Bertz CT molecular complexity index is 287. The van der Waals surface area contributed by atoms with Gasteiger partial charge in [0.2, 0.25) is 11.8 Å². The molecule has 4 nitrogen and oxygen atoms in total. The van der Waals surface area contributed by atoms with E-state index in [-0.39, 0.29) is 17.9 Å². The summed E-state index contributed by atoms with van der Waals surface area (Å²) in [7, 11) is 0. The summed E-state index contributed by atoms with van der Waals surface area (Å²) < 4.78 is 0. The summed E-state index contributed by atoms with van der Waals surface area (Å²) in [5.74, 6) is -0.243. The molecule has 4 heteroatoms. The number of carbonyl (C=O) groups is 2. The van der Waals surface area contributed by atoms with Gasteiger partial charge in [-0.1, -0.05) is 20.1 Å². The van der Waals surface area contributed by atoms with E-state index < -0.39 is 0 Å². The van der Waals surface area contributed by atoms with Gasteiger partial charge in [-0.25, -0.2) is 0 Å². The Hall–Kier alpha value is -1.58. The molecule has 0 aromatic rings. The Morgan fingerprint density at radius 2 is 1.94 bits per heavy atom. The Morgan fingerprint density at radius 1 is 1.29 bits per heavy atom. The van der Waals surface area contributed by atoms with Crippen LogP contribution in [0.3, 0.4) is 0 Å². The van der Waals surface area contributed by atoms with E-state index in [0.29, 0.717) is 13.1 Å². The molecule has 0 aromatic heterocycles. The van der Waals surface area contributed by atoms with Gasteiger partial charge in [0.25, 0.3) is 0 Å². The lowest BCUT2D eigenvalue weighted by Gasteiger charge is -2.29. The van der Waals surface area contributed by atoms with Crippen LogP contribution in [0.1, 0.15) is 26.7 Å². The Labute approximate surface area is 103 Å². The fourth-order valence-corrected chi connectivity index (χ4v) is 1.73. The van der Waals surface area contributed by atoms with Crippen LogP contribution in [0.4, 0.5) is 0 Å². The first-order valence-corrected chi connectivity index (χ1v) is 5.93. The topological polar surface area (TPSA) is 49.4 Å². The predicted molar refractivity (Wildman–Crippen MR) is 69.5 cm³/mol. The van der Waals surface area contributed by atoms with Crippen LogP contribution in [0.25, 0.3) is 0 Å². The summed E-state index contributed by atoms with van der Waals surface area (Å²) >= 11 is 0. The zero-order valence-electron chi connectivity index (χ0n) is 10.7. The number of nitrogens with zero attached hydrogens (tertiary/aromatic N) is 1. The minimum Gasteiger partial charge on any atom is -0.352 e. The second kappa shape index (κ2) is 8.56. The molecule has 0 fully saturated rings. The zero-order chi connectivity index (χ0) is 13.3. The molecule has 0 saturated carbocycles. The minimum absolute atomic E-state index is 0.0607. The first kappa shape index (κ1) is 15.4. The molecule has 0 heterocycles. The summed E-state index contributed by atoms with van der Waals surface area (Å²) in [6.07, 6.45) is 4.17. The van der Waals surface area contributed by atoms with Gasteiger partial charge in [0.1, 0.15) is 0 Å². The van der Waals surface area contributed by atoms with Crippen LogP contribution in [0.5, 0.6) is 0 Å². The fourth-order valence-electron chi connectivity index (χ4n) is 1.73. The highest BCUT2D eigenvalue weighted by Crippen LogP contribution is 2.08. The van der Waals surface area contributed by atoms with Gasteiger partial charge in [0.15, 0.2) is 0 Å². The average Bonchev–Trinajstić information content (AvgIpc) is 2.36. The number of hydrogen-bond acceptors (Lipinski definition) is 2. The van der Waals surface area contributed by atoms with Gasteiger partial charge in [0, 0.05) is 19.1 Å². The van der Waals surface area contributed by atoms with Crippen molar-refractivity contribution in [3.63, 3.8) is 0 Å². The van der Waals surface area contributed by atoms with Gasteiger partial charge >= 0.3 is 0 Å². The van der Waals surface area contributed by atoms with Crippen LogP contribution in [0.2, 0.25) is 0 Å². The third kappa shape index (κ3) is 5.33. The maximum Gasteiger partial charge on any atom is 0.246 e. The van der Waals surface area contributed by atoms with Crippen molar-refractivity contribution < 1.29 is 9.59 Å². The van der Waals surface area contributed by atoms with Gasteiger partial charge in [-0.3, -0.25) is 9.59 Å². The molecule has 0 aliphatic carbocycles. The summed E-state index contributed by atoms with van der Waals surface area (Å²) in [5.41, 5.74) is 0. The molecule has 0 rings (SSSR count). The van der Waals surface area contributed by atoms with Crippen molar-refractivity contribution >= 4 is 11.8 Å². The van der Waals surface area contributed by atoms with Crippen LogP contribution in [-0.4, -0.2) is 35.8 Å². The van der Waals surface area contributed by atoms with E-state index in [2.05, 4.69) is 18.5 Å². The van der Waals surface area contributed by atoms with E-state index >= 15 is 0 Å². The molecular weight excluding hydrogens is 216 g/mol. The molecule has 1 atom stereocenters. The average molecular weight is 238 g/mol. The van der Waals surface area contributed by atoms with Crippen LogP contribution in [0, 0.1) is 0 Å². The predicted octanol–water partition coefficient (Wildman–Crippen LogP) is 1.49. The number of hydrogen-bond donors (Lipinski definition) is 1. The lowest BCUT2D eigenvalue weighted by Crippen LogP contribution is -2.41. The summed E-state index contributed by atoms with van der Waals surface area (Å²) in [6, 6.07) is 0.135. The Kier molecular flexibility index (Phi) is 7.76. The molecule has 17 heavy (non-hydrogen) atoms. The van der Waals surface area contributed by atoms with Crippen LogP contribution < -0.4 is 5.32 Å². The van der Waals surface area contributed by atoms with E-state index in [0.717, 1.165) is 12.8 Å².